The number of hydrogen-bond donors (Lipinski definition) is 0. The lowest BCUT2D eigenvalue weighted by Crippen LogP contribution is -2.44. The average molecular weight is 334 g/mol. The number of fused-ring (bicyclic) bond motifs is 5. The predicted octanol–water partition coefficient (Wildman–Crippen LogP) is 2.16. The fourth-order valence-electron chi connectivity index (χ4n) is 4.28. The molecule has 0 N–H and O–H groups in total. The molecule has 2 aromatic rings. The van der Waals surface area contributed by atoms with E-state index in [1.54, 1.807) is 0 Å². The average Bonchev–Trinajstić information content (AvgIpc) is 3.15. The van der Waals surface area contributed by atoms with E-state index in [1.807, 2.05) is 54.6 Å². The Labute approximate surface area is 145 Å². The van der Waals surface area contributed by atoms with Crippen LogP contribution in [0.5, 0.6) is 0 Å². The number of nitrogens with zero attached hydrogens (tertiary/aromatic N) is 2. The van der Waals surface area contributed by atoms with E-state index in [4.69, 9.17) is 4.74 Å². The number of para-hydroxylation sites is 1. The Balaban J connectivity index is 1.44. The van der Waals surface area contributed by atoms with Crippen molar-refractivity contribution in [2.45, 2.75) is 19.4 Å². The van der Waals surface area contributed by atoms with Gasteiger partial charge in [0, 0.05) is 17.8 Å². The third-order valence-electron chi connectivity index (χ3n) is 5.47. The molecule has 5 heteroatoms. The first kappa shape index (κ1) is 14.7. The lowest BCUT2D eigenvalue weighted by molar-refractivity contribution is -0.142. The third kappa shape index (κ3) is 2.12. The molecule has 0 aliphatic carbocycles. The molecule has 2 saturated heterocycles. The van der Waals surface area contributed by atoms with E-state index in [9.17, 15) is 9.59 Å². The van der Waals surface area contributed by atoms with Gasteiger partial charge < -0.3 is 9.64 Å². The normalized spacial score (nSPS) is 27.3. The highest BCUT2D eigenvalue weighted by Crippen LogP contribution is 2.44. The topological polar surface area (TPSA) is 49.9 Å². The molecule has 25 heavy (non-hydrogen) atoms. The predicted molar refractivity (Wildman–Crippen MR) is 91.3 cm³/mol. The van der Waals surface area contributed by atoms with Crippen LogP contribution in [0.25, 0.3) is 0 Å². The van der Waals surface area contributed by atoms with Crippen molar-refractivity contribution in [2.24, 2.45) is 11.8 Å². The molecule has 0 saturated carbocycles. The number of carbonyl (C=O) groups excluding carboxylic acids is 2. The molecule has 0 aromatic heterocycles. The van der Waals surface area contributed by atoms with E-state index in [2.05, 4.69) is 4.90 Å². The van der Waals surface area contributed by atoms with Crippen molar-refractivity contribution in [3.63, 3.8) is 0 Å². The highest BCUT2D eigenvalue weighted by molar-refractivity contribution is 6.06. The summed E-state index contributed by atoms with van der Waals surface area (Å²) in [5.41, 5.74) is 3.17. The minimum Gasteiger partial charge on any atom is -0.353 e. The van der Waals surface area contributed by atoms with E-state index in [0.717, 1.165) is 16.8 Å². The lowest BCUT2D eigenvalue weighted by atomic mass is 9.98. The van der Waals surface area contributed by atoms with Crippen molar-refractivity contribution in [1.29, 1.82) is 0 Å². The smallest absolute Gasteiger partial charge is 0.238 e. The molecule has 3 atom stereocenters. The van der Waals surface area contributed by atoms with Gasteiger partial charge in [0.1, 0.15) is 6.23 Å². The van der Waals surface area contributed by atoms with Gasteiger partial charge in [-0.05, 0) is 11.6 Å². The number of benzene rings is 2. The first-order valence-corrected chi connectivity index (χ1v) is 8.59. The molecule has 5 rings (SSSR count). The highest BCUT2D eigenvalue weighted by Gasteiger charge is 2.59. The van der Waals surface area contributed by atoms with Crippen LogP contribution in [0, 0.1) is 11.8 Å². The van der Waals surface area contributed by atoms with Crippen molar-refractivity contribution in [2.75, 3.05) is 11.4 Å². The van der Waals surface area contributed by atoms with Crippen LogP contribution in [0.1, 0.15) is 11.1 Å². The molecular weight excluding hydrogens is 316 g/mol. The number of hydrogen-bond acceptors (Lipinski definition) is 4. The summed E-state index contributed by atoms with van der Waals surface area (Å²) in [6.07, 6.45) is -0.336. The molecule has 126 valence electrons. The fourth-order valence-corrected chi connectivity index (χ4v) is 4.28. The Morgan fingerprint density at radius 3 is 2.56 bits per heavy atom. The number of amides is 2. The Kier molecular flexibility index (Phi) is 3.18. The molecule has 3 aliphatic heterocycles. The summed E-state index contributed by atoms with van der Waals surface area (Å²) >= 11 is 0. The van der Waals surface area contributed by atoms with Gasteiger partial charge in [-0.3, -0.25) is 14.5 Å². The zero-order valence-corrected chi connectivity index (χ0v) is 13.7. The van der Waals surface area contributed by atoms with Crippen molar-refractivity contribution < 1.29 is 14.3 Å². The van der Waals surface area contributed by atoms with E-state index in [0.29, 0.717) is 19.7 Å². The summed E-state index contributed by atoms with van der Waals surface area (Å²) in [7, 11) is 0. The van der Waals surface area contributed by atoms with Crippen LogP contribution < -0.4 is 4.90 Å². The molecule has 3 aliphatic rings. The maximum atomic E-state index is 13.0. The van der Waals surface area contributed by atoms with Crippen LogP contribution in [0.4, 0.5) is 5.69 Å². The second-order valence-corrected chi connectivity index (χ2v) is 6.86. The minimum absolute atomic E-state index is 0.0747. The summed E-state index contributed by atoms with van der Waals surface area (Å²) in [6.45, 7) is 1.37. The molecule has 2 amide bonds. The Morgan fingerprint density at radius 2 is 1.72 bits per heavy atom. The van der Waals surface area contributed by atoms with Crippen molar-refractivity contribution in [3.05, 3.63) is 65.7 Å². The first-order valence-electron chi connectivity index (χ1n) is 8.59. The minimum atomic E-state index is -0.399. The summed E-state index contributed by atoms with van der Waals surface area (Å²) in [5, 5.41) is 0. The lowest BCUT2D eigenvalue weighted by Gasteiger charge is -2.35. The van der Waals surface area contributed by atoms with Crippen LogP contribution in [0.3, 0.4) is 0 Å². The maximum Gasteiger partial charge on any atom is 0.238 e. The molecule has 0 radical (unpaired) electrons. The Morgan fingerprint density at radius 1 is 0.960 bits per heavy atom. The summed E-state index contributed by atoms with van der Waals surface area (Å²) in [6, 6.07) is 17.7. The maximum absolute atomic E-state index is 13.0. The van der Waals surface area contributed by atoms with Gasteiger partial charge in [0.25, 0.3) is 0 Å². The number of likely N-dealkylation sites (tertiary alicyclic amines) is 1. The fraction of sp³-hybridized carbons (Fsp3) is 0.300. The molecule has 0 spiro atoms. The van der Waals surface area contributed by atoms with Crippen molar-refractivity contribution >= 4 is 17.5 Å². The zero-order valence-electron chi connectivity index (χ0n) is 13.7. The van der Waals surface area contributed by atoms with Crippen LogP contribution >= 0.6 is 0 Å². The van der Waals surface area contributed by atoms with Gasteiger partial charge in [-0.15, -0.1) is 0 Å². The second kappa shape index (κ2) is 5.43. The summed E-state index contributed by atoms with van der Waals surface area (Å²) in [4.78, 5) is 29.3. The molecule has 0 unspecified atom stereocenters. The van der Waals surface area contributed by atoms with Gasteiger partial charge in [-0.1, -0.05) is 48.5 Å². The third-order valence-corrected chi connectivity index (χ3v) is 5.47. The second-order valence-electron chi connectivity index (χ2n) is 6.86. The van der Waals surface area contributed by atoms with Gasteiger partial charge in [-0.2, -0.15) is 0 Å². The monoisotopic (exact) mass is 334 g/mol. The standard InChI is InChI=1S/C20H18N2O3/c23-18-15-11-21-16-9-5-4-8-14(16)12-25-20(21)17(15)19(24)22(18)10-13-6-2-1-3-7-13/h1-9,15,17,20H,10-12H2/t15-,17+,20+/m1/s1. The van der Waals surface area contributed by atoms with Gasteiger partial charge in [-0.25, -0.2) is 0 Å². The zero-order chi connectivity index (χ0) is 17.0. The van der Waals surface area contributed by atoms with Gasteiger partial charge >= 0.3 is 0 Å². The van der Waals surface area contributed by atoms with Crippen LogP contribution in [-0.4, -0.2) is 29.5 Å². The number of imide groups is 1. The molecule has 2 fully saturated rings. The molecular formula is C20H18N2O3. The highest BCUT2D eigenvalue weighted by atomic mass is 16.5. The van der Waals surface area contributed by atoms with E-state index < -0.39 is 5.92 Å². The molecule has 0 bridgehead atoms. The number of anilines is 1. The first-order chi connectivity index (χ1) is 12.2. The van der Waals surface area contributed by atoms with E-state index in [-0.39, 0.29) is 24.0 Å². The van der Waals surface area contributed by atoms with Gasteiger partial charge in [0.15, 0.2) is 0 Å². The molecule has 2 aromatic carbocycles. The van der Waals surface area contributed by atoms with E-state index >= 15 is 0 Å². The molecule has 5 nitrogen and oxygen atoms in total. The van der Waals surface area contributed by atoms with Crippen LogP contribution in [0.15, 0.2) is 54.6 Å². The molecule has 3 heterocycles. The number of ether oxygens (including phenoxy) is 1. The van der Waals surface area contributed by atoms with Crippen molar-refractivity contribution in [3.8, 4) is 0 Å². The van der Waals surface area contributed by atoms with Crippen LogP contribution in [-0.2, 0) is 27.5 Å². The SMILES string of the molecule is O=C1[C@@H]2[C@@H](CN3c4ccccc4CO[C@@H]23)C(=O)N1Cc1ccccc1. The van der Waals surface area contributed by atoms with Gasteiger partial charge in [0.05, 0.1) is 25.0 Å². The van der Waals surface area contributed by atoms with Gasteiger partial charge in [0.2, 0.25) is 11.8 Å². The van der Waals surface area contributed by atoms with Crippen molar-refractivity contribution in [1.82, 2.24) is 4.90 Å². The summed E-state index contributed by atoms with van der Waals surface area (Å²) in [5.74, 6) is -0.892. The van der Waals surface area contributed by atoms with Crippen LogP contribution in [0.2, 0.25) is 0 Å². The Bertz CT molecular complexity index is 851. The quantitative estimate of drug-likeness (QED) is 0.790. The van der Waals surface area contributed by atoms with E-state index in [1.165, 1.54) is 4.90 Å². The Hall–Kier alpha value is -2.66. The number of carbonyl (C=O) groups is 2. The summed E-state index contributed by atoms with van der Waals surface area (Å²) < 4.78 is 5.99. The number of rotatable bonds is 2. The largest absolute Gasteiger partial charge is 0.353 e.